The van der Waals surface area contributed by atoms with E-state index in [1.807, 2.05) is 24.3 Å². The number of benzene rings is 1. The lowest BCUT2D eigenvalue weighted by Crippen LogP contribution is -2.49. The summed E-state index contributed by atoms with van der Waals surface area (Å²) in [7, 11) is 0. The molecule has 0 aliphatic carbocycles. The normalized spacial score (nSPS) is 19.7. The summed E-state index contributed by atoms with van der Waals surface area (Å²) in [5.74, 6) is -1.16. The van der Waals surface area contributed by atoms with Gasteiger partial charge in [0, 0.05) is 25.4 Å². The molecule has 1 unspecified atom stereocenters. The summed E-state index contributed by atoms with van der Waals surface area (Å²) in [6.07, 6.45) is 0.530. The van der Waals surface area contributed by atoms with Crippen molar-refractivity contribution in [2.24, 2.45) is 5.73 Å². The molecule has 1 heterocycles. The Morgan fingerprint density at radius 2 is 2.05 bits per heavy atom. The van der Waals surface area contributed by atoms with Gasteiger partial charge in [-0.3, -0.25) is 4.79 Å². The number of hydrogen-bond donors (Lipinski definition) is 2. The molecule has 2 atom stereocenters. The minimum absolute atomic E-state index is 0.173. The van der Waals surface area contributed by atoms with Crippen LogP contribution >= 0.6 is 0 Å². The number of aliphatic carboxylic acids is 1. The van der Waals surface area contributed by atoms with E-state index in [9.17, 15) is 14.7 Å². The average Bonchev–Trinajstić information content (AvgIpc) is 2.36. The number of nitrogens with zero attached hydrogens (tertiary/aromatic N) is 1. The molecule has 1 aliphatic heterocycles. The second kappa shape index (κ2) is 5.40. The van der Waals surface area contributed by atoms with Gasteiger partial charge in [-0.1, -0.05) is 24.3 Å². The predicted molar refractivity (Wildman–Crippen MR) is 70.4 cm³/mol. The summed E-state index contributed by atoms with van der Waals surface area (Å²) in [6, 6.07) is 6.57. The summed E-state index contributed by atoms with van der Waals surface area (Å²) in [5, 5.41) is 9.29. The lowest BCUT2D eigenvalue weighted by atomic mass is 9.93. The van der Waals surface area contributed by atoms with Crippen LogP contribution in [0.2, 0.25) is 0 Å². The first kappa shape index (κ1) is 13.5. The summed E-state index contributed by atoms with van der Waals surface area (Å²) >= 11 is 0. The molecule has 0 radical (unpaired) electrons. The maximum Gasteiger partial charge on any atom is 0.326 e. The molecule has 1 aromatic rings. The van der Waals surface area contributed by atoms with Crippen LogP contribution < -0.4 is 5.73 Å². The quantitative estimate of drug-likeness (QED) is 0.842. The first-order chi connectivity index (χ1) is 8.99. The third-order valence-corrected chi connectivity index (χ3v) is 3.35. The Balaban J connectivity index is 2.26. The Hall–Kier alpha value is -1.88. The number of rotatable bonds is 3. The van der Waals surface area contributed by atoms with Crippen molar-refractivity contribution in [3.63, 3.8) is 0 Å². The minimum Gasteiger partial charge on any atom is -0.480 e. The molecule has 0 saturated carbocycles. The van der Waals surface area contributed by atoms with Gasteiger partial charge in [-0.25, -0.2) is 4.79 Å². The third-order valence-electron chi connectivity index (χ3n) is 3.35. The molecule has 19 heavy (non-hydrogen) atoms. The Bertz CT molecular complexity index is 499. The van der Waals surface area contributed by atoms with Gasteiger partial charge in [0.15, 0.2) is 0 Å². The topological polar surface area (TPSA) is 83.6 Å². The van der Waals surface area contributed by atoms with Crippen molar-refractivity contribution in [1.29, 1.82) is 0 Å². The number of carbonyl (C=O) groups is 2. The van der Waals surface area contributed by atoms with Gasteiger partial charge < -0.3 is 15.7 Å². The van der Waals surface area contributed by atoms with Gasteiger partial charge in [-0.05, 0) is 18.1 Å². The summed E-state index contributed by atoms with van der Waals surface area (Å²) in [5.41, 5.74) is 7.63. The molecule has 0 saturated heterocycles. The zero-order valence-electron chi connectivity index (χ0n) is 10.9. The molecular weight excluding hydrogens is 244 g/mol. The van der Waals surface area contributed by atoms with E-state index in [0.29, 0.717) is 13.0 Å². The number of nitrogens with two attached hydrogens (primary N) is 1. The fourth-order valence-corrected chi connectivity index (χ4v) is 2.40. The van der Waals surface area contributed by atoms with Crippen molar-refractivity contribution < 1.29 is 14.7 Å². The Kier molecular flexibility index (Phi) is 3.85. The van der Waals surface area contributed by atoms with E-state index < -0.39 is 12.0 Å². The van der Waals surface area contributed by atoms with Crippen LogP contribution in [0.1, 0.15) is 24.5 Å². The summed E-state index contributed by atoms with van der Waals surface area (Å²) in [6.45, 7) is 2.09. The first-order valence-corrected chi connectivity index (χ1v) is 6.33. The Morgan fingerprint density at radius 1 is 1.42 bits per heavy atom. The first-order valence-electron chi connectivity index (χ1n) is 6.33. The highest BCUT2D eigenvalue weighted by Crippen LogP contribution is 2.24. The molecule has 1 aromatic carbocycles. The van der Waals surface area contributed by atoms with Crippen LogP contribution in [0.4, 0.5) is 0 Å². The molecule has 0 fully saturated rings. The van der Waals surface area contributed by atoms with Gasteiger partial charge in [-0.2, -0.15) is 0 Å². The maximum atomic E-state index is 12.1. The molecule has 5 heteroatoms. The molecule has 3 N–H and O–H groups in total. The number of carbonyl (C=O) groups excluding carboxylic acids is 1. The highest BCUT2D eigenvalue weighted by Gasteiger charge is 2.34. The smallest absolute Gasteiger partial charge is 0.326 e. The Morgan fingerprint density at radius 3 is 2.63 bits per heavy atom. The van der Waals surface area contributed by atoms with Gasteiger partial charge in [0.2, 0.25) is 5.91 Å². The fraction of sp³-hybridized carbons (Fsp3) is 0.429. The highest BCUT2D eigenvalue weighted by molar-refractivity contribution is 5.84. The van der Waals surface area contributed by atoms with E-state index in [-0.39, 0.29) is 18.4 Å². The van der Waals surface area contributed by atoms with Gasteiger partial charge in [-0.15, -0.1) is 0 Å². The van der Waals surface area contributed by atoms with Gasteiger partial charge in [0.05, 0.1) is 0 Å². The van der Waals surface area contributed by atoms with Crippen molar-refractivity contribution in [2.45, 2.75) is 38.4 Å². The van der Waals surface area contributed by atoms with Crippen LogP contribution in [0.3, 0.4) is 0 Å². The van der Waals surface area contributed by atoms with Crippen molar-refractivity contribution in [1.82, 2.24) is 4.90 Å². The highest BCUT2D eigenvalue weighted by atomic mass is 16.4. The number of carboxylic acid groups (broad SMARTS) is 1. The lowest BCUT2D eigenvalue weighted by Gasteiger charge is -2.34. The van der Waals surface area contributed by atoms with Crippen molar-refractivity contribution in [3.8, 4) is 0 Å². The zero-order chi connectivity index (χ0) is 14.0. The summed E-state index contributed by atoms with van der Waals surface area (Å²) in [4.78, 5) is 24.9. The van der Waals surface area contributed by atoms with Gasteiger partial charge >= 0.3 is 5.97 Å². The van der Waals surface area contributed by atoms with Crippen LogP contribution in [0.5, 0.6) is 0 Å². The van der Waals surface area contributed by atoms with Crippen LogP contribution in [0.25, 0.3) is 0 Å². The van der Waals surface area contributed by atoms with Crippen molar-refractivity contribution in [2.75, 3.05) is 0 Å². The predicted octanol–water partition coefficient (Wildman–Crippen LogP) is 0.762. The number of fused-ring (bicyclic) bond motifs is 1. The molecule has 1 aliphatic rings. The average molecular weight is 262 g/mol. The Labute approximate surface area is 112 Å². The van der Waals surface area contributed by atoms with E-state index >= 15 is 0 Å². The standard InChI is InChI=1S/C14H18N2O3/c1-9(15)6-13(17)16-8-11-5-3-2-4-10(11)7-12(16)14(18)19/h2-5,9,12H,6-8,15H2,1H3,(H,18,19)/t9?,12-/m0/s1. The largest absolute Gasteiger partial charge is 0.480 e. The number of hydrogen-bond acceptors (Lipinski definition) is 3. The molecule has 5 nitrogen and oxygen atoms in total. The number of amides is 1. The molecule has 0 aromatic heterocycles. The van der Waals surface area contributed by atoms with E-state index in [0.717, 1.165) is 11.1 Å². The third kappa shape index (κ3) is 2.93. The second-order valence-electron chi connectivity index (χ2n) is 5.03. The van der Waals surface area contributed by atoms with Gasteiger partial charge in [0.1, 0.15) is 6.04 Å². The maximum absolute atomic E-state index is 12.1. The molecule has 102 valence electrons. The van der Waals surface area contributed by atoms with Crippen molar-refractivity contribution >= 4 is 11.9 Å². The molecular formula is C14H18N2O3. The van der Waals surface area contributed by atoms with E-state index in [1.54, 1.807) is 6.92 Å². The van der Waals surface area contributed by atoms with E-state index in [1.165, 1.54) is 4.90 Å². The molecule has 0 bridgehead atoms. The monoisotopic (exact) mass is 262 g/mol. The minimum atomic E-state index is -0.965. The lowest BCUT2D eigenvalue weighted by molar-refractivity contribution is -0.151. The number of carboxylic acids is 1. The van der Waals surface area contributed by atoms with E-state index in [4.69, 9.17) is 5.73 Å². The zero-order valence-corrected chi connectivity index (χ0v) is 10.9. The SMILES string of the molecule is CC(N)CC(=O)N1Cc2ccccc2C[C@H]1C(=O)O. The second-order valence-corrected chi connectivity index (χ2v) is 5.03. The van der Waals surface area contributed by atoms with Crippen molar-refractivity contribution in [3.05, 3.63) is 35.4 Å². The van der Waals surface area contributed by atoms with Crippen LogP contribution in [-0.4, -0.2) is 34.0 Å². The molecule has 1 amide bonds. The van der Waals surface area contributed by atoms with Gasteiger partial charge in [0.25, 0.3) is 0 Å². The van der Waals surface area contributed by atoms with E-state index in [2.05, 4.69) is 0 Å². The van der Waals surface area contributed by atoms with Crippen LogP contribution in [-0.2, 0) is 22.6 Å². The van der Waals surface area contributed by atoms with Crippen LogP contribution in [0, 0.1) is 0 Å². The molecule has 2 rings (SSSR count). The molecule has 0 spiro atoms. The van der Waals surface area contributed by atoms with Crippen LogP contribution in [0.15, 0.2) is 24.3 Å². The fourth-order valence-electron chi connectivity index (χ4n) is 2.40. The summed E-state index contributed by atoms with van der Waals surface area (Å²) < 4.78 is 0.